The molecular formula is C8H11F2N3O. The predicted octanol–water partition coefficient (Wildman–Crippen LogP) is 0.861. The van der Waals surface area contributed by atoms with E-state index >= 15 is 0 Å². The summed E-state index contributed by atoms with van der Waals surface area (Å²) in [5, 5.41) is 5.68. The first-order chi connectivity index (χ1) is 6.38. The summed E-state index contributed by atoms with van der Waals surface area (Å²) in [4.78, 5) is 12.1. The average molecular weight is 203 g/mol. The number of aromatic amines is 1. The van der Waals surface area contributed by atoms with Crippen LogP contribution >= 0.6 is 0 Å². The molecule has 0 radical (unpaired) electrons. The van der Waals surface area contributed by atoms with Gasteiger partial charge in [0.25, 0.3) is 11.5 Å². The number of aromatic nitrogens is 2. The maximum atomic E-state index is 12.6. The highest BCUT2D eigenvalue weighted by atomic mass is 19.3. The Morgan fingerprint density at radius 1 is 1.64 bits per heavy atom. The molecule has 1 heterocycles. The Balaban J connectivity index is 2.80. The van der Waals surface area contributed by atoms with E-state index in [9.17, 15) is 13.6 Å². The Kier molecular flexibility index (Phi) is 2.83. The highest BCUT2D eigenvalue weighted by Gasteiger charge is 2.23. The van der Waals surface area contributed by atoms with E-state index in [1.54, 1.807) is 0 Å². The van der Waals surface area contributed by atoms with Crippen molar-refractivity contribution in [3.8, 4) is 0 Å². The van der Waals surface area contributed by atoms with Crippen LogP contribution < -0.4 is 10.5 Å². The van der Waals surface area contributed by atoms with E-state index in [0.29, 0.717) is 5.69 Å². The molecule has 4 nitrogen and oxygen atoms in total. The molecular weight excluding hydrogens is 192 g/mol. The van der Waals surface area contributed by atoms with Crippen molar-refractivity contribution < 1.29 is 8.78 Å². The van der Waals surface area contributed by atoms with E-state index in [1.807, 2.05) is 0 Å². The fraction of sp³-hybridized carbons (Fsp3) is 0.500. The molecule has 0 aliphatic heterocycles. The van der Waals surface area contributed by atoms with Gasteiger partial charge in [-0.3, -0.25) is 4.79 Å². The maximum absolute atomic E-state index is 12.6. The van der Waals surface area contributed by atoms with Crippen molar-refractivity contribution in [3.05, 3.63) is 22.6 Å². The molecule has 0 aromatic carbocycles. The first-order valence-electron chi connectivity index (χ1n) is 4.02. The van der Waals surface area contributed by atoms with Gasteiger partial charge in [0.15, 0.2) is 0 Å². The van der Waals surface area contributed by atoms with Crippen molar-refractivity contribution in [1.82, 2.24) is 10.2 Å². The molecule has 0 fully saturated rings. The van der Waals surface area contributed by atoms with Gasteiger partial charge in [-0.05, 0) is 0 Å². The van der Waals surface area contributed by atoms with E-state index < -0.39 is 18.0 Å². The lowest BCUT2D eigenvalue weighted by molar-refractivity contribution is 0.0310. The molecule has 1 rings (SSSR count). The molecule has 6 heteroatoms. The third-order valence-electron chi connectivity index (χ3n) is 1.61. The summed E-state index contributed by atoms with van der Waals surface area (Å²) >= 11 is 0. The topological polar surface area (TPSA) is 49.0 Å². The van der Waals surface area contributed by atoms with Gasteiger partial charge in [-0.15, -0.1) is 0 Å². The number of hydrogen-bond acceptors (Lipinski definition) is 3. The van der Waals surface area contributed by atoms with Gasteiger partial charge in [0.2, 0.25) is 0 Å². The Labute approximate surface area is 79.6 Å². The van der Waals surface area contributed by atoms with Crippen LogP contribution in [0.2, 0.25) is 0 Å². The van der Waals surface area contributed by atoms with Crippen molar-refractivity contribution in [1.29, 1.82) is 0 Å². The quantitative estimate of drug-likeness (QED) is 0.792. The van der Waals surface area contributed by atoms with Crippen LogP contribution in [0.1, 0.15) is 6.92 Å². The fourth-order valence-electron chi connectivity index (χ4n) is 1.08. The van der Waals surface area contributed by atoms with Crippen LogP contribution in [0, 0.1) is 0 Å². The van der Waals surface area contributed by atoms with Crippen LogP contribution in [0.4, 0.5) is 14.5 Å². The number of alkyl halides is 2. The van der Waals surface area contributed by atoms with Crippen LogP contribution in [0.25, 0.3) is 0 Å². The molecule has 1 N–H and O–H groups in total. The number of halogens is 2. The summed E-state index contributed by atoms with van der Waals surface area (Å²) < 4.78 is 25.2. The number of nitrogens with one attached hydrogen (secondary N) is 1. The zero-order valence-corrected chi connectivity index (χ0v) is 7.92. The van der Waals surface area contributed by atoms with Gasteiger partial charge in [-0.25, -0.2) is 13.9 Å². The second-order valence-electron chi connectivity index (χ2n) is 3.23. The van der Waals surface area contributed by atoms with Gasteiger partial charge < -0.3 is 4.90 Å². The molecule has 0 aliphatic carbocycles. The Hall–Kier alpha value is -1.46. The van der Waals surface area contributed by atoms with Crippen LogP contribution in [0.3, 0.4) is 0 Å². The first-order valence-corrected chi connectivity index (χ1v) is 4.02. The molecule has 0 amide bonds. The summed E-state index contributed by atoms with van der Waals surface area (Å²) in [6.45, 7) is 0.377. The lowest BCUT2D eigenvalue weighted by atomic mass is 10.3. The number of anilines is 1. The fourth-order valence-corrected chi connectivity index (χ4v) is 1.08. The molecule has 0 saturated carbocycles. The van der Waals surface area contributed by atoms with Crippen LogP contribution in [-0.4, -0.2) is 29.7 Å². The normalized spacial score (nSPS) is 11.4. The smallest absolute Gasteiger partial charge is 0.266 e. The SMILES string of the molecule is CN(CC(C)(F)F)c1cn[nH]c(=O)c1. The molecule has 0 spiro atoms. The minimum absolute atomic E-state index is 0.371. The molecule has 78 valence electrons. The summed E-state index contributed by atoms with van der Waals surface area (Å²) in [6, 6.07) is 1.22. The maximum Gasteiger partial charge on any atom is 0.266 e. The lowest BCUT2D eigenvalue weighted by Crippen LogP contribution is -2.32. The van der Waals surface area contributed by atoms with Gasteiger partial charge in [0.05, 0.1) is 18.4 Å². The van der Waals surface area contributed by atoms with Gasteiger partial charge >= 0.3 is 0 Å². The number of rotatable bonds is 3. The minimum Gasteiger partial charge on any atom is -0.367 e. The van der Waals surface area contributed by atoms with Crippen LogP contribution in [-0.2, 0) is 0 Å². The van der Waals surface area contributed by atoms with E-state index in [4.69, 9.17) is 0 Å². The third kappa shape index (κ3) is 3.12. The number of hydrogen-bond donors (Lipinski definition) is 1. The average Bonchev–Trinajstić information content (AvgIpc) is 2.01. The van der Waals surface area contributed by atoms with Gasteiger partial charge in [-0.1, -0.05) is 0 Å². The summed E-state index contributed by atoms with van der Waals surface area (Å²) in [6.07, 6.45) is 1.33. The van der Waals surface area contributed by atoms with Crippen LogP contribution in [0.15, 0.2) is 17.1 Å². The largest absolute Gasteiger partial charge is 0.367 e. The Morgan fingerprint density at radius 2 is 2.29 bits per heavy atom. The molecule has 0 saturated heterocycles. The van der Waals surface area contributed by atoms with Crippen molar-refractivity contribution in [2.45, 2.75) is 12.8 Å². The molecule has 0 aliphatic rings. The van der Waals surface area contributed by atoms with E-state index in [-0.39, 0.29) is 0 Å². The van der Waals surface area contributed by atoms with Gasteiger partial charge in [0, 0.05) is 20.0 Å². The molecule has 14 heavy (non-hydrogen) atoms. The van der Waals surface area contributed by atoms with Crippen molar-refractivity contribution in [2.75, 3.05) is 18.5 Å². The summed E-state index contributed by atoms with van der Waals surface area (Å²) in [7, 11) is 1.48. The van der Waals surface area contributed by atoms with Crippen molar-refractivity contribution >= 4 is 5.69 Å². The third-order valence-corrected chi connectivity index (χ3v) is 1.61. The Bertz CT molecular complexity index is 358. The van der Waals surface area contributed by atoms with Gasteiger partial charge in [-0.2, -0.15) is 5.10 Å². The number of nitrogens with zero attached hydrogens (tertiary/aromatic N) is 2. The molecule has 1 aromatic heterocycles. The second kappa shape index (κ2) is 3.73. The second-order valence-corrected chi connectivity index (χ2v) is 3.23. The van der Waals surface area contributed by atoms with Crippen LogP contribution in [0.5, 0.6) is 0 Å². The van der Waals surface area contributed by atoms with Crippen molar-refractivity contribution in [3.63, 3.8) is 0 Å². The van der Waals surface area contributed by atoms with Gasteiger partial charge in [0.1, 0.15) is 0 Å². The van der Waals surface area contributed by atoms with E-state index in [2.05, 4.69) is 10.2 Å². The predicted molar refractivity (Wildman–Crippen MR) is 48.7 cm³/mol. The summed E-state index contributed by atoms with van der Waals surface area (Å²) in [5.74, 6) is -2.79. The highest BCUT2D eigenvalue weighted by molar-refractivity contribution is 5.41. The van der Waals surface area contributed by atoms with Crippen molar-refractivity contribution in [2.24, 2.45) is 0 Å². The molecule has 1 aromatic rings. The lowest BCUT2D eigenvalue weighted by Gasteiger charge is -2.22. The standard InChI is InChI=1S/C8H11F2N3O/c1-8(9,10)5-13(2)6-3-7(14)12-11-4-6/h3-4H,5H2,1-2H3,(H,12,14). The molecule has 0 unspecified atom stereocenters. The zero-order chi connectivity index (χ0) is 10.8. The van der Waals surface area contributed by atoms with E-state index in [0.717, 1.165) is 6.92 Å². The minimum atomic E-state index is -2.79. The zero-order valence-electron chi connectivity index (χ0n) is 7.92. The first kappa shape index (κ1) is 10.6. The Morgan fingerprint density at radius 3 is 2.79 bits per heavy atom. The molecule has 0 bridgehead atoms. The van der Waals surface area contributed by atoms with E-state index in [1.165, 1.54) is 24.2 Å². The summed E-state index contributed by atoms with van der Waals surface area (Å²) in [5.41, 5.74) is -0.0379. The number of H-pyrrole nitrogens is 1. The molecule has 0 atom stereocenters. The monoisotopic (exact) mass is 203 g/mol. The highest BCUT2D eigenvalue weighted by Crippen LogP contribution is 2.16.